The van der Waals surface area contributed by atoms with Gasteiger partial charge in [0.1, 0.15) is 30.1 Å². The Labute approximate surface area is 103 Å². The quantitative estimate of drug-likeness (QED) is 0.333. The van der Waals surface area contributed by atoms with Crippen molar-refractivity contribution in [2.75, 3.05) is 6.61 Å². The van der Waals surface area contributed by atoms with Crippen LogP contribution in [0.4, 0.5) is 0 Å². The summed E-state index contributed by atoms with van der Waals surface area (Å²) >= 11 is 0. The Hall–Kier alpha value is -1.06. The maximum absolute atomic E-state index is 10.9. The number of Topliss-reactive ketones (excluding diaryl/α,β-unsaturated/α-hetero) is 1. The first-order chi connectivity index (χ1) is 8.38. The lowest BCUT2D eigenvalue weighted by atomic mass is 9.99. The number of aliphatic hydroxyl groups is 4. The smallest absolute Gasteiger partial charge is 0.256 e. The number of hydrogen-bond acceptors (Lipinski definition) is 8. The molecule has 1 rings (SSSR count). The minimum absolute atomic E-state index is 0.0620. The molecule has 1 heterocycles. The molecule has 0 aromatic rings. The summed E-state index contributed by atoms with van der Waals surface area (Å²) in [5, 5.41) is 40.9. The third-order valence-corrected chi connectivity index (χ3v) is 2.65. The topological polar surface area (TPSA) is 129 Å². The lowest BCUT2D eigenvalue weighted by Gasteiger charge is -2.38. The third-order valence-electron chi connectivity index (χ3n) is 2.65. The summed E-state index contributed by atoms with van der Waals surface area (Å²) in [5.74, 6) is -0.320. The van der Waals surface area contributed by atoms with Crippen LogP contribution in [0.5, 0.6) is 0 Å². The number of rotatable bonds is 4. The molecule has 0 saturated carbocycles. The molecule has 0 spiro atoms. The molecule has 0 bridgehead atoms. The van der Waals surface area contributed by atoms with Crippen molar-refractivity contribution in [3.8, 4) is 0 Å². The van der Waals surface area contributed by atoms with Gasteiger partial charge in [-0.15, -0.1) is 0 Å². The van der Waals surface area contributed by atoms with Crippen LogP contribution in [0.1, 0.15) is 13.8 Å². The van der Waals surface area contributed by atoms with Crippen molar-refractivity contribution in [3.63, 3.8) is 0 Å². The molecule has 8 heteroatoms. The van der Waals surface area contributed by atoms with Crippen molar-refractivity contribution in [3.05, 3.63) is 0 Å². The number of oxime groups is 1. The van der Waals surface area contributed by atoms with Crippen LogP contribution >= 0.6 is 0 Å². The minimum Gasteiger partial charge on any atom is -0.394 e. The van der Waals surface area contributed by atoms with E-state index in [4.69, 9.17) is 14.7 Å². The van der Waals surface area contributed by atoms with Crippen LogP contribution in [0, 0.1) is 0 Å². The predicted molar refractivity (Wildman–Crippen MR) is 58.6 cm³/mol. The van der Waals surface area contributed by atoms with E-state index in [0.717, 1.165) is 0 Å². The third kappa shape index (κ3) is 3.24. The van der Waals surface area contributed by atoms with E-state index < -0.39 is 37.3 Å². The number of aliphatic hydroxyl groups excluding tert-OH is 4. The van der Waals surface area contributed by atoms with Gasteiger partial charge in [0, 0.05) is 6.92 Å². The lowest BCUT2D eigenvalue weighted by molar-refractivity contribution is -0.301. The van der Waals surface area contributed by atoms with Crippen molar-refractivity contribution in [1.82, 2.24) is 0 Å². The standard InChI is InChI=1S/C10H17NO7/c1-4(5(2)13)11-18-10-9(16)8(15)7(14)6(3-12)17-10/h6-10,12,14-16H,3H2,1-2H3/b11-4+/t6-,7+,8+,9-,10+/m1/s1. The van der Waals surface area contributed by atoms with Gasteiger partial charge in [-0.3, -0.25) is 4.79 Å². The summed E-state index contributed by atoms with van der Waals surface area (Å²) in [7, 11) is 0. The number of ether oxygens (including phenoxy) is 1. The van der Waals surface area contributed by atoms with Crippen molar-refractivity contribution in [2.45, 2.75) is 44.6 Å². The monoisotopic (exact) mass is 263 g/mol. The van der Waals surface area contributed by atoms with Gasteiger partial charge in [-0.1, -0.05) is 5.16 Å². The molecule has 0 amide bonds. The van der Waals surface area contributed by atoms with Gasteiger partial charge in [0.15, 0.2) is 5.78 Å². The van der Waals surface area contributed by atoms with Crippen LogP contribution in [-0.4, -0.2) is 69.2 Å². The van der Waals surface area contributed by atoms with E-state index in [2.05, 4.69) is 5.16 Å². The summed E-state index contributed by atoms with van der Waals surface area (Å²) in [6.07, 6.45) is -6.96. The first-order valence-corrected chi connectivity index (χ1v) is 5.40. The zero-order chi connectivity index (χ0) is 13.9. The van der Waals surface area contributed by atoms with Crippen molar-refractivity contribution < 1.29 is 34.8 Å². The molecule has 0 aromatic heterocycles. The van der Waals surface area contributed by atoms with Crippen LogP contribution < -0.4 is 0 Å². The van der Waals surface area contributed by atoms with Gasteiger partial charge in [-0.25, -0.2) is 0 Å². The highest BCUT2D eigenvalue weighted by molar-refractivity contribution is 6.37. The number of ketones is 1. The second-order valence-corrected chi connectivity index (χ2v) is 4.04. The molecule has 5 atom stereocenters. The summed E-state index contributed by atoms with van der Waals surface area (Å²) in [6.45, 7) is 2.14. The van der Waals surface area contributed by atoms with Gasteiger partial charge in [0.2, 0.25) is 0 Å². The van der Waals surface area contributed by atoms with Gasteiger partial charge >= 0.3 is 0 Å². The summed E-state index contributed by atoms with van der Waals surface area (Å²) in [4.78, 5) is 15.7. The van der Waals surface area contributed by atoms with Crippen molar-refractivity contribution >= 4 is 11.5 Å². The Kier molecular flexibility index (Phi) is 5.17. The maximum atomic E-state index is 10.9. The van der Waals surface area contributed by atoms with E-state index >= 15 is 0 Å². The summed E-state index contributed by atoms with van der Waals surface area (Å²) < 4.78 is 5.01. The van der Waals surface area contributed by atoms with E-state index in [0.29, 0.717) is 0 Å². The highest BCUT2D eigenvalue weighted by Gasteiger charge is 2.45. The number of carbonyl (C=O) groups excluding carboxylic acids is 1. The molecule has 18 heavy (non-hydrogen) atoms. The average Bonchev–Trinajstić information content (AvgIpc) is 2.34. The molecule has 1 aliphatic rings. The maximum Gasteiger partial charge on any atom is 0.256 e. The molecule has 8 nitrogen and oxygen atoms in total. The van der Waals surface area contributed by atoms with Gasteiger partial charge in [-0.05, 0) is 6.92 Å². The van der Waals surface area contributed by atoms with Crippen LogP contribution in [0.3, 0.4) is 0 Å². The number of nitrogens with zero attached hydrogens (tertiary/aromatic N) is 1. The Morgan fingerprint density at radius 3 is 2.33 bits per heavy atom. The summed E-state index contributed by atoms with van der Waals surface area (Å²) in [5.41, 5.74) is 0.0620. The second-order valence-electron chi connectivity index (χ2n) is 4.04. The first kappa shape index (κ1) is 15.0. The minimum atomic E-state index is -1.54. The molecule has 1 saturated heterocycles. The van der Waals surface area contributed by atoms with Gasteiger partial charge < -0.3 is 30.0 Å². The predicted octanol–water partition coefficient (Wildman–Crippen LogP) is -2.23. The second kappa shape index (κ2) is 6.21. The molecule has 0 aliphatic carbocycles. The van der Waals surface area contributed by atoms with Crippen molar-refractivity contribution in [1.29, 1.82) is 0 Å². The molecular formula is C10H17NO7. The molecule has 1 fully saturated rings. The first-order valence-electron chi connectivity index (χ1n) is 5.40. The fraction of sp³-hybridized carbons (Fsp3) is 0.800. The zero-order valence-corrected chi connectivity index (χ0v) is 10.1. The van der Waals surface area contributed by atoms with Crippen LogP contribution in [0.2, 0.25) is 0 Å². The van der Waals surface area contributed by atoms with E-state index in [1.54, 1.807) is 0 Å². The largest absolute Gasteiger partial charge is 0.394 e. The van der Waals surface area contributed by atoms with Crippen LogP contribution in [-0.2, 0) is 14.4 Å². The van der Waals surface area contributed by atoms with Gasteiger partial charge in [0.05, 0.1) is 6.61 Å². The highest BCUT2D eigenvalue weighted by atomic mass is 16.8. The fourth-order valence-electron chi connectivity index (χ4n) is 1.35. The van der Waals surface area contributed by atoms with Crippen LogP contribution in [0.25, 0.3) is 0 Å². The Bertz CT molecular complexity index is 330. The van der Waals surface area contributed by atoms with Gasteiger partial charge in [0.25, 0.3) is 6.29 Å². The lowest BCUT2D eigenvalue weighted by Crippen LogP contribution is -2.58. The van der Waals surface area contributed by atoms with E-state index in [1.807, 2.05) is 0 Å². The Morgan fingerprint density at radius 1 is 1.22 bits per heavy atom. The molecule has 4 N–H and O–H groups in total. The fourth-order valence-corrected chi connectivity index (χ4v) is 1.35. The molecular weight excluding hydrogens is 246 g/mol. The molecule has 0 aromatic carbocycles. The normalized spacial score (nSPS) is 37.4. The van der Waals surface area contributed by atoms with Crippen LogP contribution in [0.15, 0.2) is 5.16 Å². The Balaban J connectivity index is 2.70. The number of carbonyl (C=O) groups is 1. The molecule has 1 aliphatic heterocycles. The van der Waals surface area contributed by atoms with Gasteiger partial charge in [-0.2, -0.15) is 0 Å². The Morgan fingerprint density at radius 2 is 1.83 bits per heavy atom. The highest BCUT2D eigenvalue weighted by Crippen LogP contribution is 2.22. The SMILES string of the molecule is CC(=O)/C(C)=N/O[C@@H]1O[C@H](CO)[C@H](O)[C@H](O)[C@H]1O. The van der Waals surface area contributed by atoms with E-state index in [-0.39, 0.29) is 11.5 Å². The van der Waals surface area contributed by atoms with E-state index in [1.165, 1.54) is 13.8 Å². The van der Waals surface area contributed by atoms with E-state index in [9.17, 15) is 20.1 Å². The van der Waals surface area contributed by atoms with Crippen molar-refractivity contribution in [2.24, 2.45) is 5.16 Å². The number of hydrogen-bond donors (Lipinski definition) is 4. The molecule has 0 unspecified atom stereocenters. The summed E-state index contributed by atoms with van der Waals surface area (Å²) in [6, 6.07) is 0. The zero-order valence-electron chi connectivity index (χ0n) is 10.1. The molecule has 0 radical (unpaired) electrons. The molecule has 104 valence electrons. The average molecular weight is 263 g/mol.